The lowest BCUT2D eigenvalue weighted by molar-refractivity contribution is -0.0971. The maximum absolute atomic E-state index is 5.08. The third-order valence-corrected chi connectivity index (χ3v) is 1.90. The van der Waals surface area contributed by atoms with Crippen LogP contribution in [0.2, 0.25) is 0 Å². The summed E-state index contributed by atoms with van der Waals surface area (Å²) in [6.45, 7) is 2.88. The van der Waals surface area contributed by atoms with E-state index in [-0.39, 0.29) is 0 Å². The first-order valence-electron chi connectivity index (χ1n) is 2.97. The van der Waals surface area contributed by atoms with Gasteiger partial charge in [-0.15, -0.1) is 0 Å². The Bertz CT molecular complexity index is 116. The van der Waals surface area contributed by atoms with E-state index in [1.807, 2.05) is 6.21 Å². The van der Waals surface area contributed by atoms with E-state index in [1.165, 1.54) is 0 Å². The summed E-state index contributed by atoms with van der Waals surface area (Å²) in [5.41, 5.74) is 0.472. The van der Waals surface area contributed by atoms with E-state index in [2.05, 4.69) is 4.99 Å². The average Bonchev–Trinajstić information content (AvgIpc) is 2.07. The molecule has 1 saturated heterocycles. The minimum absolute atomic E-state index is 0.472. The van der Waals surface area contributed by atoms with Crippen molar-refractivity contribution in [1.82, 2.24) is 0 Å². The van der Waals surface area contributed by atoms with Crippen molar-refractivity contribution in [2.24, 2.45) is 10.4 Å². The normalized spacial score (nSPS) is 31.0. The molecule has 0 bridgehead atoms. The predicted molar refractivity (Wildman–Crippen MR) is 31.2 cm³/mol. The SMILES string of the molecule is C1=NCC2(C1)COC2. The van der Waals surface area contributed by atoms with E-state index in [9.17, 15) is 0 Å². The summed E-state index contributed by atoms with van der Waals surface area (Å²) in [4.78, 5) is 4.15. The van der Waals surface area contributed by atoms with Gasteiger partial charge in [0.2, 0.25) is 0 Å². The molecule has 0 radical (unpaired) electrons. The van der Waals surface area contributed by atoms with Crippen LogP contribution < -0.4 is 0 Å². The fourth-order valence-electron chi connectivity index (χ4n) is 1.18. The molecule has 1 spiro atoms. The maximum Gasteiger partial charge on any atom is 0.0566 e. The summed E-state index contributed by atoms with van der Waals surface area (Å²) in [6.07, 6.45) is 3.16. The van der Waals surface area contributed by atoms with Gasteiger partial charge in [0.25, 0.3) is 0 Å². The Morgan fingerprint density at radius 3 is 2.62 bits per heavy atom. The molecule has 0 aliphatic carbocycles. The van der Waals surface area contributed by atoms with Crippen LogP contribution in [0.1, 0.15) is 6.42 Å². The van der Waals surface area contributed by atoms with Crippen molar-refractivity contribution in [1.29, 1.82) is 0 Å². The van der Waals surface area contributed by atoms with Gasteiger partial charge >= 0.3 is 0 Å². The van der Waals surface area contributed by atoms with Crippen LogP contribution in [0.4, 0.5) is 0 Å². The van der Waals surface area contributed by atoms with Crippen molar-refractivity contribution in [3.8, 4) is 0 Å². The van der Waals surface area contributed by atoms with Crippen LogP contribution in [-0.2, 0) is 4.74 Å². The second-order valence-corrected chi connectivity index (χ2v) is 2.72. The van der Waals surface area contributed by atoms with Crippen LogP contribution in [-0.4, -0.2) is 26.0 Å². The molecule has 2 rings (SSSR count). The molecular weight excluding hydrogens is 102 g/mol. The third kappa shape index (κ3) is 0.436. The Labute approximate surface area is 48.6 Å². The number of hydrogen-bond acceptors (Lipinski definition) is 2. The molecule has 0 aromatic carbocycles. The average molecular weight is 111 g/mol. The van der Waals surface area contributed by atoms with Crippen molar-refractivity contribution < 1.29 is 4.74 Å². The molecule has 2 heteroatoms. The molecule has 0 amide bonds. The number of rotatable bonds is 0. The third-order valence-electron chi connectivity index (χ3n) is 1.90. The van der Waals surface area contributed by atoms with Crippen LogP contribution in [0.5, 0.6) is 0 Å². The van der Waals surface area contributed by atoms with E-state index >= 15 is 0 Å². The fraction of sp³-hybridized carbons (Fsp3) is 0.833. The van der Waals surface area contributed by atoms with Crippen LogP contribution in [0.25, 0.3) is 0 Å². The van der Waals surface area contributed by atoms with Gasteiger partial charge in [0.1, 0.15) is 0 Å². The Balaban J connectivity index is 2.06. The molecule has 0 aromatic rings. The van der Waals surface area contributed by atoms with Gasteiger partial charge in [-0.05, 0) is 12.6 Å². The lowest BCUT2D eigenvalue weighted by Gasteiger charge is -2.36. The van der Waals surface area contributed by atoms with E-state index < -0.39 is 0 Å². The first kappa shape index (κ1) is 4.50. The summed E-state index contributed by atoms with van der Waals surface area (Å²) < 4.78 is 5.08. The van der Waals surface area contributed by atoms with Crippen molar-refractivity contribution in [3.63, 3.8) is 0 Å². The highest BCUT2D eigenvalue weighted by atomic mass is 16.5. The second kappa shape index (κ2) is 1.32. The zero-order valence-corrected chi connectivity index (χ0v) is 4.76. The molecule has 1 fully saturated rings. The molecule has 2 heterocycles. The molecule has 0 N–H and O–H groups in total. The minimum atomic E-state index is 0.472. The number of nitrogens with zero attached hydrogens (tertiary/aromatic N) is 1. The van der Waals surface area contributed by atoms with Gasteiger partial charge in [-0.3, -0.25) is 4.99 Å². The zero-order chi connectivity index (χ0) is 5.45. The lowest BCUT2D eigenvalue weighted by atomic mass is 9.85. The van der Waals surface area contributed by atoms with Gasteiger partial charge in [0, 0.05) is 12.0 Å². The second-order valence-electron chi connectivity index (χ2n) is 2.72. The Hall–Kier alpha value is -0.370. The molecule has 0 atom stereocenters. The van der Waals surface area contributed by atoms with Gasteiger partial charge in [-0.1, -0.05) is 0 Å². The highest BCUT2D eigenvalue weighted by Crippen LogP contribution is 2.33. The highest BCUT2D eigenvalue weighted by Gasteiger charge is 2.39. The molecule has 2 aliphatic rings. The molecular formula is C6H9NO. The number of hydrogen-bond donors (Lipinski definition) is 0. The van der Waals surface area contributed by atoms with Crippen molar-refractivity contribution in [3.05, 3.63) is 0 Å². The van der Waals surface area contributed by atoms with Crippen LogP contribution >= 0.6 is 0 Å². The summed E-state index contributed by atoms with van der Waals surface area (Å²) >= 11 is 0. The van der Waals surface area contributed by atoms with Gasteiger partial charge in [0.15, 0.2) is 0 Å². The fourth-order valence-corrected chi connectivity index (χ4v) is 1.18. The van der Waals surface area contributed by atoms with Crippen molar-refractivity contribution in [2.45, 2.75) is 6.42 Å². The summed E-state index contributed by atoms with van der Waals surface area (Å²) in [5.74, 6) is 0. The van der Waals surface area contributed by atoms with Gasteiger partial charge in [0.05, 0.1) is 13.2 Å². The van der Waals surface area contributed by atoms with Crippen molar-refractivity contribution in [2.75, 3.05) is 19.8 Å². The Morgan fingerprint density at radius 2 is 2.38 bits per heavy atom. The molecule has 0 saturated carbocycles. The molecule has 44 valence electrons. The van der Waals surface area contributed by atoms with Crippen LogP contribution in [0, 0.1) is 5.41 Å². The quantitative estimate of drug-likeness (QED) is 0.445. The molecule has 0 unspecified atom stereocenters. The number of ether oxygens (including phenoxy) is 1. The van der Waals surface area contributed by atoms with E-state index in [0.29, 0.717) is 5.41 Å². The van der Waals surface area contributed by atoms with E-state index in [1.54, 1.807) is 0 Å². The van der Waals surface area contributed by atoms with Crippen LogP contribution in [0.3, 0.4) is 0 Å². The molecule has 8 heavy (non-hydrogen) atoms. The predicted octanol–water partition coefficient (Wildman–Crippen LogP) is 0.478. The topological polar surface area (TPSA) is 21.6 Å². The van der Waals surface area contributed by atoms with Crippen molar-refractivity contribution >= 4 is 6.21 Å². The standard InChI is InChI=1S/C6H9NO/c1-2-7-3-6(1)4-8-5-6/h2H,1,3-5H2. The van der Waals surface area contributed by atoms with Crippen LogP contribution in [0.15, 0.2) is 4.99 Å². The van der Waals surface area contributed by atoms with Gasteiger partial charge in [-0.2, -0.15) is 0 Å². The first-order valence-corrected chi connectivity index (χ1v) is 2.97. The van der Waals surface area contributed by atoms with E-state index in [0.717, 1.165) is 26.2 Å². The molecule has 0 aromatic heterocycles. The lowest BCUT2D eigenvalue weighted by Crippen LogP contribution is -2.42. The summed E-state index contributed by atoms with van der Waals surface area (Å²) in [6, 6.07) is 0. The van der Waals surface area contributed by atoms with Gasteiger partial charge < -0.3 is 4.74 Å². The van der Waals surface area contributed by atoms with E-state index in [4.69, 9.17) is 4.74 Å². The maximum atomic E-state index is 5.08. The minimum Gasteiger partial charge on any atom is -0.380 e. The largest absolute Gasteiger partial charge is 0.380 e. The van der Waals surface area contributed by atoms with Gasteiger partial charge in [-0.25, -0.2) is 0 Å². The monoisotopic (exact) mass is 111 g/mol. The Kier molecular flexibility index (Phi) is 0.742. The summed E-state index contributed by atoms with van der Waals surface area (Å²) in [7, 11) is 0. The number of aliphatic imine (C=N–C) groups is 1. The molecule has 2 nitrogen and oxygen atoms in total. The highest BCUT2D eigenvalue weighted by molar-refractivity contribution is 5.61. The smallest absolute Gasteiger partial charge is 0.0566 e. The zero-order valence-electron chi connectivity index (χ0n) is 4.76. The summed E-state index contributed by atoms with van der Waals surface area (Å²) in [5, 5.41) is 0. The Morgan fingerprint density at radius 1 is 1.50 bits per heavy atom. The first-order chi connectivity index (χ1) is 3.91. The molecule has 2 aliphatic heterocycles.